The lowest BCUT2D eigenvalue weighted by Crippen LogP contribution is -2.28. The molecule has 2 saturated heterocycles. The van der Waals surface area contributed by atoms with E-state index in [9.17, 15) is 0 Å². The molecule has 100 valence electrons. The molecule has 2 fully saturated rings. The molecule has 2 atom stereocenters. The van der Waals surface area contributed by atoms with E-state index in [1.54, 1.807) is 6.33 Å². The molecular weight excluding hydrogens is 240 g/mol. The summed E-state index contributed by atoms with van der Waals surface area (Å²) in [5, 5.41) is 4.30. The summed E-state index contributed by atoms with van der Waals surface area (Å²) < 4.78 is 1.86. The van der Waals surface area contributed by atoms with Crippen LogP contribution in [0.3, 0.4) is 0 Å². The molecule has 0 amide bonds. The van der Waals surface area contributed by atoms with Gasteiger partial charge in [-0.2, -0.15) is 14.6 Å². The lowest BCUT2D eigenvalue weighted by molar-refractivity contribution is 0.386. The van der Waals surface area contributed by atoms with Gasteiger partial charge in [0.25, 0.3) is 5.78 Å². The summed E-state index contributed by atoms with van der Waals surface area (Å²) in [4.78, 5) is 13.5. The summed E-state index contributed by atoms with van der Waals surface area (Å²) in [5.41, 5.74) is 1.00. The minimum absolute atomic E-state index is 0.698. The van der Waals surface area contributed by atoms with E-state index in [-0.39, 0.29) is 0 Å². The van der Waals surface area contributed by atoms with E-state index in [1.807, 2.05) is 11.4 Å². The Morgan fingerprint density at radius 1 is 1.16 bits per heavy atom. The lowest BCUT2D eigenvalue weighted by Gasteiger charge is -2.21. The molecule has 0 saturated carbocycles. The summed E-state index contributed by atoms with van der Waals surface area (Å²) in [6, 6.07) is 2.12. The number of fused-ring (bicyclic) bond motifs is 2. The Hall–Kier alpha value is -1.69. The predicted molar refractivity (Wildman–Crippen MR) is 72.2 cm³/mol. The molecule has 6 nitrogen and oxygen atoms in total. The van der Waals surface area contributed by atoms with Gasteiger partial charge in [0.05, 0.1) is 0 Å². The van der Waals surface area contributed by atoms with Crippen LogP contribution >= 0.6 is 0 Å². The Labute approximate surface area is 112 Å². The van der Waals surface area contributed by atoms with Crippen molar-refractivity contribution in [1.29, 1.82) is 0 Å². The monoisotopic (exact) mass is 258 g/mol. The fourth-order valence-corrected chi connectivity index (χ4v) is 3.55. The van der Waals surface area contributed by atoms with Crippen LogP contribution in [0.1, 0.15) is 5.69 Å². The van der Waals surface area contributed by atoms with Crippen molar-refractivity contribution in [3.8, 4) is 0 Å². The molecule has 2 aromatic rings. The first kappa shape index (κ1) is 11.2. The molecule has 2 aliphatic rings. The molecule has 0 radical (unpaired) electrons. The fourth-order valence-electron chi connectivity index (χ4n) is 3.55. The zero-order valence-corrected chi connectivity index (χ0v) is 11.3. The summed E-state index contributed by atoms with van der Waals surface area (Å²) >= 11 is 0. The zero-order valence-electron chi connectivity index (χ0n) is 11.3. The summed E-state index contributed by atoms with van der Waals surface area (Å²) in [6.45, 7) is 6.68. The van der Waals surface area contributed by atoms with Crippen LogP contribution < -0.4 is 4.90 Å². The fraction of sp³-hybridized carbons (Fsp3) is 0.615. The third kappa shape index (κ3) is 1.70. The third-order valence-corrected chi connectivity index (χ3v) is 4.35. The van der Waals surface area contributed by atoms with Crippen molar-refractivity contribution in [2.24, 2.45) is 11.8 Å². The quantitative estimate of drug-likeness (QED) is 0.742. The second kappa shape index (κ2) is 3.90. The standard InChI is InChI=1S/C13H18N6/c1-9-3-12(19-13(16-9)14-8-15-19)18-6-10-4-17(2)5-11(10)7-18/h3,8,10-11H,4-7H2,1-2H3. The Morgan fingerprint density at radius 3 is 2.63 bits per heavy atom. The van der Waals surface area contributed by atoms with Gasteiger partial charge in [0.15, 0.2) is 0 Å². The maximum absolute atomic E-state index is 4.41. The van der Waals surface area contributed by atoms with Crippen LogP contribution in [0.25, 0.3) is 5.78 Å². The van der Waals surface area contributed by atoms with Crippen molar-refractivity contribution in [2.45, 2.75) is 6.92 Å². The number of hydrogen-bond donors (Lipinski definition) is 0. The van der Waals surface area contributed by atoms with Gasteiger partial charge in [-0.3, -0.25) is 0 Å². The van der Waals surface area contributed by atoms with Gasteiger partial charge < -0.3 is 9.80 Å². The molecule has 0 bridgehead atoms. The van der Waals surface area contributed by atoms with Crippen molar-refractivity contribution in [3.63, 3.8) is 0 Å². The highest BCUT2D eigenvalue weighted by atomic mass is 15.4. The third-order valence-electron chi connectivity index (χ3n) is 4.35. The Bertz CT molecular complexity index is 607. The van der Waals surface area contributed by atoms with Crippen LogP contribution in [0, 0.1) is 18.8 Å². The van der Waals surface area contributed by atoms with Gasteiger partial charge in [-0.1, -0.05) is 0 Å². The van der Waals surface area contributed by atoms with Crippen molar-refractivity contribution in [3.05, 3.63) is 18.1 Å². The minimum atomic E-state index is 0.698. The van der Waals surface area contributed by atoms with E-state index >= 15 is 0 Å². The minimum Gasteiger partial charge on any atom is -0.356 e. The largest absolute Gasteiger partial charge is 0.356 e. The lowest BCUT2D eigenvalue weighted by atomic mass is 10.0. The van der Waals surface area contributed by atoms with E-state index in [0.717, 1.165) is 36.4 Å². The summed E-state index contributed by atoms with van der Waals surface area (Å²) in [6.07, 6.45) is 1.58. The van der Waals surface area contributed by atoms with Crippen LogP contribution in [0.5, 0.6) is 0 Å². The molecule has 2 aliphatic heterocycles. The van der Waals surface area contributed by atoms with E-state index in [4.69, 9.17) is 0 Å². The topological polar surface area (TPSA) is 49.6 Å². The molecule has 19 heavy (non-hydrogen) atoms. The van der Waals surface area contributed by atoms with E-state index in [2.05, 4.69) is 38.0 Å². The Kier molecular flexibility index (Phi) is 2.29. The Morgan fingerprint density at radius 2 is 1.89 bits per heavy atom. The number of aromatic nitrogens is 4. The zero-order chi connectivity index (χ0) is 13.0. The first-order valence-corrected chi connectivity index (χ1v) is 6.81. The average Bonchev–Trinajstić information content (AvgIpc) is 3.00. The second-order valence-corrected chi connectivity index (χ2v) is 5.87. The molecule has 6 heteroatoms. The normalized spacial score (nSPS) is 27.4. The molecule has 0 spiro atoms. The van der Waals surface area contributed by atoms with E-state index < -0.39 is 0 Å². The number of aryl methyl sites for hydroxylation is 1. The number of likely N-dealkylation sites (tertiary alicyclic amines) is 1. The van der Waals surface area contributed by atoms with Gasteiger partial charge in [0.1, 0.15) is 12.1 Å². The van der Waals surface area contributed by atoms with Crippen molar-refractivity contribution in [2.75, 3.05) is 38.1 Å². The molecule has 0 aromatic carbocycles. The highest BCUT2D eigenvalue weighted by Gasteiger charge is 2.39. The van der Waals surface area contributed by atoms with Gasteiger partial charge in [0.2, 0.25) is 0 Å². The highest BCUT2D eigenvalue weighted by molar-refractivity contribution is 5.48. The van der Waals surface area contributed by atoms with Crippen LogP contribution in [0.15, 0.2) is 12.4 Å². The van der Waals surface area contributed by atoms with Crippen LogP contribution in [0.2, 0.25) is 0 Å². The summed E-state index contributed by atoms with van der Waals surface area (Å²) in [7, 11) is 2.22. The van der Waals surface area contributed by atoms with Gasteiger partial charge in [-0.15, -0.1) is 0 Å². The molecule has 0 aliphatic carbocycles. The van der Waals surface area contributed by atoms with E-state index in [1.165, 1.54) is 13.1 Å². The molecule has 4 rings (SSSR count). The molecule has 2 unspecified atom stereocenters. The van der Waals surface area contributed by atoms with Crippen LogP contribution in [-0.2, 0) is 0 Å². The smallest absolute Gasteiger partial charge is 0.254 e. The average molecular weight is 258 g/mol. The van der Waals surface area contributed by atoms with Crippen molar-refractivity contribution in [1.82, 2.24) is 24.5 Å². The Balaban J connectivity index is 1.70. The number of anilines is 1. The maximum atomic E-state index is 4.41. The van der Waals surface area contributed by atoms with Crippen molar-refractivity contribution >= 4 is 11.6 Å². The number of hydrogen-bond acceptors (Lipinski definition) is 5. The van der Waals surface area contributed by atoms with Gasteiger partial charge in [-0.05, 0) is 25.8 Å². The number of nitrogens with zero attached hydrogens (tertiary/aromatic N) is 6. The van der Waals surface area contributed by atoms with Crippen LogP contribution in [0.4, 0.5) is 5.82 Å². The molecule has 0 N–H and O–H groups in total. The van der Waals surface area contributed by atoms with Crippen LogP contribution in [-0.4, -0.2) is 57.7 Å². The van der Waals surface area contributed by atoms with E-state index in [0.29, 0.717) is 5.78 Å². The second-order valence-electron chi connectivity index (χ2n) is 5.87. The first-order valence-electron chi connectivity index (χ1n) is 6.81. The predicted octanol–water partition coefficient (Wildman–Crippen LogP) is 0.431. The SMILES string of the molecule is Cc1cc(N2CC3CN(C)CC3C2)n2ncnc2n1. The van der Waals surface area contributed by atoms with Gasteiger partial charge >= 0.3 is 0 Å². The molecule has 4 heterocycles. The molecule has 2 aromatic heterocycles. The number of rotatable bonds is 1. The summed E-state index contributed by atoms with van der Waals surface area (Å²) in [5.74, 6) is 3.41. The first-order chi connectivity index (χ1) is 9.20. The van der Waals surface area contributed by atoms with Crippen molar-refractivity contribution < 1.29 is 0 Å². The highest BCUT2D eigenvalue weighted by Crippen LogP contribution is 2.33. The van der Waals surface area contributed by atoms with Gasteiger partial charge in [-0.25, -0.2) is 4.98 Å². The maximum Gasteiger partial charge on any atom is 0.254 e. The molecular formula is C13H18N6. The van der Waals surface area contributed by atoms with Gasteiger partial charge in [0, 0.05) is 37.9 Å².